The molecular formula is C20H32BrNO8. The minimum atomic E-state index is -1.05. The number of rotatable bonds is 10. The first kappa shape index (κ1) is 28.3. The predicted octanol–water partition coefficient (Wildman–Crippen LogP) is -2.35. The first-order valence-electron chi connectivity index (χ1n) is 9.56. The monoisotopic (exact) mass is 493 g/mol. The van der Waals surface area contributed by atoms with Crippen LogP contribution in [0.2, 0.25) is 0 Å². The molecule has 0 N–H and O–H groups in total. The van der Waals surface area contributed by atoms with Gasteiger partial charge in [0.1, 0.15) is 6.54 Å². The standard InChI is InChI=1S/C20H32NO8.BrH/c1-7-10-21(5,6)11-8-9-12-25-20-19(29-16(4)24)18(28-15(3)23)17(13-26-20)27-14(2)22;/h1,17-20H,8-13H2,2-6H3;1H/q+1;/p-1/t17-,18-,19-,20?;/m1./s1. The van der Waals surface area contributed by atoms with Gasteiger partial charge in [-0.05, 0) is 18.8 Å². The molecule has 30 heavy (non-hydrogen) atoms. The van der Waals surface area contributed by atoms with E-state index in [1.54, 1.807) is 0 Å². The molecule has 1 saturated heterocycles. The molecule has 0 aromatic rings. The van der Waals surface area contributed by atoms with E-state index in [4.69, 9.17) is 30.1 Å². The van der Waals surface area contributed by atoms with E-state index in [0.29, 0.717) is 17.6 Å². The number of unbranched alkanes of at least 4 members (excludes halogenated alkanes) is 1. The normalized spacial score (nSPS) is 23.5. The van der Waals surface area contributed by atoms with Crippen LogP contribution in [-0.4, -0.2) is 87.4 Å². The van der Waals surface area contributed by atoms with Crippen LogP contribution >= 0.6 is 0 Å². The third kappa shape index (κ3) is 10.4. The lowest BCUT2D eigenvalue weighted by atomic mass is 10.0. The Morgan fingerprint density at radius 2 is 1.57 bits per heavy atom. The maximum Gasteiger partial charge on any atom is 0.303 e. The molecule has 0 aliphatic carbocycles. The highest BCUT2D eigenvalue weighted by Crippen LogP contribution is 2.25. The molecule has 0 radical (unpaired) electrons. The van der Waals surface area contributed by atoms with Gasteiger partial charge in [-0.15, -0.1) is 6.42 Å². The van der Waals surface area contributed by atoms with E-state index in [2.05, 4.69) is 20.0 Å². The highest BCUT2D eigenvalue weighted by molar-refractivity contribution is 5.68. The van der Waals surface area contributed by atoms with Crippen molar-refractivity contribution < 1.29 is 59.5 Å². The summed E-state index contributed by atoms with van der Waals surface area (Å²) in [5.74, 6) is 0.898. The fraction of sp³-hybridized carbons (Fsp3) is 0.750. The molecule has 1 unspecified atom stereocenters. The molecular weight excluding hydrogens is 462 g/mol. The Labute approximate surface area is 188 Å². The first-order chi connectivity index (χ1) is 13.6. The number of terminal acetylenes is 1. The SMILES string of the molecule is C#CC[N+](C)(C)CCCCOC1OC[C@@H](OC(C)=O)[C@@H](OC(C)=O)[C@H]1OC(C)=O.[Br-]. The zero-order chi connectivity index (χ0) is 22.0. The van der Waals surface area contributed by atoms with Crippen molar-refractivity contribution in [3.05, 3.63) is 0 Å². The molecule has 0 aromatic carbocycles. The van der Waals surface area contributed by atoms with Gasteiger partial charge < -0.3 is 45.1 Å². The van der Waals surface area contributed by atoms with Crippen LogP contribution < -0.4 is 17.0 Å². The summed E-state index contributed by atoms with van der Waals surface area (Å²) in [6, 6.07) is 0. The van der Waals surface area contributed by atoms with Crippen LogP contribution in [0, 0.1) is 12.3 Å². The number of ether oxygens (including phenoxy) is 5. The summed E-state index contributed by atoms with van der Waals surface area (Å²) in [6.07, 6.45) is 3.07. The van der Waals surface area contributed by atoms with Gasteiger partial charge in [0, 0.05) is 20.8 Å². The molecule has 0 bridgehead atoms. The Kier molecular flexibility index (Phi) is 12.8. The van der Waals surface area contributed by atoms with Crippen molar-refractivity contribution in [3.8, 4) is 12.3 Å². The summed E-state index contributed by atoms with van der Waals surface area (Å²) < 4.78 is 27.8. The van der Waals surface area contributed by atoms with Gasteiger partial charge in [0.2, 0.25) is 0 Å². The molecule has 1 aliphatic rings. The minimum absolute atomic E-state index is 0. The topological polar surface area (TPSA) is 97.4 Å². The van der Waals surface area contributed by atoms with Gasteiger partial charge in [0.15, 0.2) is 24.6 Å². The van der Waals surface area contributed by atoms with E-state index in [9.17, 15) is 14.4 Å². The largest absolute Gasteiger partial charge is 1.00 e. The number of quaternary nitrogens is 1. The van der Waals surface area contributed by atoms with Gasteiger partial charge in [0.05, 0.1) is 33.9 Å². The Hall–Kier alpha value is -1.67. The first-order valence-corrected chi connectivity index (χ1v) is 9.56. The molecule has 0 amide bonds. The van der Waals surface area contributed by atoms with Gasteiger partial charge in [0.25, 0.3) is 0 Å². The van der Waals surface area contributed by atoms with Crippen LogP contribution in [0.25, 0.3) is 0 Å². The Balaban J connectivity index is 0.00000841. The summed E-state index contributed by atoms with van der Waals surface area (Å²) in [4.78, 5) is 34.4. The average Bonchev–Trinajstić information content (AvgIpc) is 2.57. The van der Waals surface area contributed by atoms with Crippen molar-refractivity contribution in [3.63, 3.8) is 0 Å². The van der Waals surface area contributed by atoms with Gasteiger partial charge in [-0.3, -0.25) is 14.4 Å². The molecule has 4 atom stereocenters. The number of esters is 3. The molecule has 0 aromatic heterocycles. The number of carbonyl (C=O) groups excluding carboxylic acids is 3. The number of carbonyl (C=O) groups is 3. The fourth-order valence-electron chi connectivity index (χ4n) is 3.02. The highest BCUT2D eigenvalue weighted by atomic mass is 79.9. The lowest BCUT2D eigenvalue weighted by molar-refractivity contribution is -0.883. The number of hydrogen-bond donors (Lipinski definition) is 0. The second kappa shape index (κ2) is 13.6. The third-order valence-electron chi connectivity index (χ3n) is 4.26. The smallest absolute Gasteiger partial charge is 0.303 e. The predicted molar refractivity (Wildman–Crippen MR) is 102 cm³/mol. The summed E-state index contributed by atoms with van der Waals surface area (Å²) in [5, 5.41) is 0. The maximum atomic E-state index is 11.6. The Bertz CT molecular complexity index is 618. The quantitative estimate of drug-likeness (QED) is 0.110. The van der Waals surface area contributed by atoms with Crippen molar-refractivity contribution in [2.24, 2.45) is 0 Å². The van der Waals surface area contributed by atoms with E-state index in [0.717, 1.165) is 19.4 Å². The van der Waals surface area contributed by atoms with E-state index in [-0.39, 0.29) is 23.6 Å². The van der Waals surface area contributed by atoms with Gasteiger partial charge in [-0.25, -0.2) is 0 Å². The zero-order valence-electron chi connectivity index (χ0n) is 18.2. The number of hydrogen-bond acceptors (Lipinski definition) is 8. The van der Waals surface area contributed by atoms with Crippen molar-refractivity contribution in [2.45, 2.75) is 58.2 Å². The van der Waals surface area contributed by atoms with E-state index < -0.39 is 42.5 Å². The molecule has 172 valence electrons. The summed E-state index contributed by atoms with van der Waals surface area (Å²) in [7, 11) is 4.11. The maximum absolute atomic E-state index is 11.6. The van der Waals surface area contributed by atoms with E-state index in [1.165, 1.54) is 20.8 Å². The second-order valence-electron chi connectivity index (χ2n) is 7.60. The minimum Gasteiger partial charge on any atom is -1.00 e. The molecule has 0 spiro atoms. The van der Waals surface area contributed by atoms with Crippen LogP contribution in [0.15, 0.2) is 0 Å². The summed E-state index contributed by atoms with van der Waals surface area (Å²) >= 11 is 0. The fourth-order valence-corrected chi connectivity index (χ4v) is 3.02. The van der Waals surface area contributed by atoms with Crippen LogP contribution in [-0.2, 0) is 38.1 Å². The summed E-state index contributed by atoms with van der Waals surface area (Å²) in [6.45, 7) is 5.50. The van der Waals surface area contributed by atoms with Gasteiger partial charge in [-0.1, -0.05) is 0 Å². The van der Waals surface area contributed by atoms with Crippen molar-refractivity contribution in [1.82, 2.24) is 0 Å². The highest BCUT2D eigenvalue weighted by Gasteiger charge is 2.47. The van der Waals surface area contributed by atoms with Gasteiger partial charge in [-0.2, -0.15) is 0 Å². The zero-order valence-corrected chi connectivity index (χ0v) is 19.8. The lowest BCUT2D eigenvalue weighted by Crippen LogP contribution is -3.00. The van der Waals surface area contributed by atoms with E-state index >= 15 is 0 Å². The summed E-state index contributed by atoms with van der Waals surface area (Å²) in [5.41, 5.74) is 0. The molecule has 1 fully saturated rings. The van der Waals surface area contributed by atoms with Crippen LogP contribution in [0.5, 0.6) is 0 Å². The molecule has 1 heterocycles. The molecule has 0 saturated carbocycles. The van der Waals surface area contributed by atoms with Crippen LogP contribution in [0.4, 0.5) is 0 Å². The molecule has 9 nitrogen and oxygen atoms in total. The van der Waals surface area contributed by atoms with Crippen molar-refractivity contribution >= 4 is 17.9 Å². The van der Waals surface area contributed by atoms with Gasteiger partial charge >= 0.3 is 17.9 Å². The second-order valence-corrected chi connectivity index (χ2v) is 7.60. The third-order valence-corrected chi connectivity index (χ3v) is 4.26. The molecule has 1 aliphatic heterocycles. The molecule has 10 heteroatoms. The number of nitrogens with zero attached hydrogens (tertiary/aromatic N) is 1. The van der Waals surface area contributed by atoms with Crippen molar-refractivity contribution in [2.75, 3.05) is 40.4 Å². The number of halogens is 1. The Morgan fingerprint density at radius 1 is 1.00 bits per heavy atom. The van der Waals surface area contributed by atoms with Crippen molar-refractivity contribution in [1.29, 1.82) is 0 Å². The molecule has 1 rings (SSSR count). The van der Waals surface area contributed by atoms with Crippen LogP contribution in [0.3, 0.4) is 0 Å². The van der Waals surface area contributed by atoms with Crippen LogP contribution in [0.1, 0.15) is 33.6 Å². The van der Waals surface area contributed by atoms with E-state index in [1.807, 2.05) is 0 Å². The lowest BCUT2D eigenvalue weighted by Gasteiger charge is -2.40. The average molecular weight is 494 g/mol. The Morgan fingerprint density at radius 3 is 2.10 bits per heavy atom.